The average Bonchev–Trinajstić information content (AvgIpc) is 2.87. The van der Waals surface area contributed by atoms with E-state index < -0.39 is 0 Å². The van der Waals surface area contributed by atoms with Crippen molar-refractivity contribution in [2.75, 3.05) is 0 Å². The van der Waals surface area contributed by atoms with E-state index in [9.17, 15) is 0 Å². The van der Waals surface area contributed by atoms with Crippen LogP contribution in [0.25, 0.3) is 0 Å². The molecule has 2 heteroatoms. The van der Waals surface area contributed by atoms with Crippen LogP contribution in [0.2, 0.25) is 0 Å². The van der Waals surface area contributed by atoms with Crippen LogP contribution in [0.4, 0.5) is 0 Å². The Kier molecular flexibility index (Phi) is 2.73. The van der Waals surface area contributed by atoms with Gasteiger partial charge in [0.1, 0.15) is 11.5 Å². The summed E-state index contributed by atoms with van der Waals surface area (Å²) >= 11 is 0. The smallest absolute Gasteiger partial charge is 0.114 e. The van der Waals surface area contributed by atoms with Crippen LogP contribution in [0, 0.1) is 0 Å². The van der Waals surface area contributed by atoms with Crippen LogP contribution in [0.3, 0.4) is 0 Å². The second kappa shape index (κ2) is 4.18. The minimum atomic E-state index is 0.269. The highest BCUT2D eigenvalue weighted by Gasteiger charge is 2.18. The van der Waals surface area contributed by atoms with Crippen LogP contribution >= 0.6 is 0 Å². The monoisotopic (exact) mass is 190 g/mol. The lowest BCUT2D eigenvalue weighted by Crippen LogP contribution is -1.97. The van der Waals surface area contributed by atoms with Crippen LogP contribution in [-0.2, 0) is 0 Å². The molecule has 0 aliphatic rings. The van der Waals surface area contributed by atoms with Gasteiger partial charge in [0.05, 0.1) is 18.4 Å². The van der Waals surface area contributed by atoms with Gasteiger partial charge < -0.3 is 8.83 Å². The maximum absolute atomic E-state index is 5.41. The van der Waals surface area contributed by atoms with Gasteiger partial charge in [0, 0.05) is 0 Å². The maximum atomic E-state index is 5.41. The lowest BCUT2D eigenvalue weighted by molar-refractivity contribution is 0.413. The zero-order valence-electron chi connectivity index (χ0n) is 8.27. The zero-order chi connectivity index (χ0) is 9.80. The summed E-state index contributed by atoms with van der Waals surface area (Å²) in [4.78, 5) is 0. The highest BCUT2D eigenvalue weighted by atomic mass is 16.3. The summed E-state index contributed by atoms with van der Waals surface area (Å²) in [6.45, 7) is 2.17. The van der Waals surface area contributed by atoms with E-state index in [-0.39, 0.29) is 5.92 Å². The molecule has 0 spiro atoms. The first-order valence-corrected chi connectivity index (χ1v) is 4.98. The molecule has 0 aliphatic carbocycles. The Morgan fingerprint density at radius 3 is 2.00 bits per heavy atom. The summed E-state index contributed by atoms with van der Waals surface area (Å²) in [7, 11) is 0. The van der Waals surface area contributed by atoms with E-state index in [1.165, 1.54) is 0 Å². The molecule has 0 saturated carbocycles. The van der Waals surface area contributed by atoms with Gasteiger partial charge in [0.25, 0.3) is 0 Å². The third-order valence-electron chi connectivity index (χ3n) is 2.35. The Labute approximate surface area is 83.5 Å². The molecular formula is C12H14O2. The standard InChI is InChI=1S/C12H14O2/c1-2-5-10(11-6-3-8-13-11)12-7-4-9-14-12/h3-4,6-10H,2,5H2,1H3. The quantitative estimate of drug-likeness (QED) is 0.732. The molecule has 74 valence electrons. The fraction of sp³-hybridized carbons (Fsp3) is 0.333. The second-order valence-electron chi connectivity index (χ2n) is 3.37. The van der Waals surface area contributed by atoms with E-state index in [4.69, 9.17) is 8.83 Å². The SMILES string of the molecule is CCCC(c1ccco1)c1ccco1. The molecule has 2 aromatic rings. The van der Waals surface area contributed by atoms with Gasteiger partial charge in [0.15, 0.2) is 0 Å². The molecule has 2 nitrogen and oxygen atoms in total. The van der Waals surface area contributed by atoms with Gasteiger partial charge in [0.2, 0.25) is 0 Å². The molecule has 0 N–H and O–H groups in total. The Hall–Kier alpha value is -1.44. The van der Waals surface area contributed by atoms with Gasteiger partial charge in [-0.3, -0.25) is 0 Å². The Bertz CT molecular complexity index is 311. The molecule has 0 amide bonds. The Balaban J connectivity index is 2.25. The van der Waals surface area contributed by atoms with Gasteiger partial charge in [-0.05, 0) is 30.7 Å². The molecular weight excluding hydrogens is 176 g/mol. The lowest BCUT2D eigenvalue weighted by Gasteiger charge is -2.09. The Morgan fingerprint density at radius 1 is 1.07 bits per heavy atom. The lowest BCUT2D eigenvalue weighted by atomic mass is 9.98. The van der Waals surface area contributed by atoms with Gasteiger partial charge in [-0.2, -0.15) is 0 Å². The molecule has 14 heavy (non-hydrogen) atoms. The largest absolute Gasteiger partial charge is 0.469 e. The first-order valence-electron chi connectivity index (χ1n) is 4.98. The number of furan rings is 2. The van der Waals surface area contributed by atoms with Crippen molar-refractivity contribution in [1.82, 2.24) is 0 Å². The van der Waals surface area contributed by atoms with Crippen molar-refractivity contribution < 1.29 is 8.83 Å². The van der Waals surface area contributed by atoms with E-state index in [0.29, 0.717) is 0 Å². The van der Waals surface area contributed by atoms with Crippen LogP contribution < -0.4 is 0 Å². The predicted molar refractivity (Wildman–Crippen MR) is 54.2 cm³/mol. The molecule has 2 rings (SSSR count). The van der Waals surface area contributed by atoms with Gasteiger partial charge in [-0.25, -0.2) is 0 Å². The van der Waals surface area contributed by atoms with Crippen LogP contribution in [0.15, 0.2) is 45.6 Å². The van der Waals surface area contributed by atoms with Gasteiger partial charge in [-0.1, -0.05) is 13.3 Å². The van der Waals surface area contributed by atoms with Crippen LogP contribution in [0.1, 0.15) is 37.2 Å². The van der Waals surface area contributed by atoms with Crippen molar-refractivity contribution in [2.45, 2.75) is 25.7 Å². The predicted octanol–water partition coefficient (Wildman–Crippen LogP) is 3.80. The molecule has 2 aromatic heterocycles. The van der Waals surface area contributed by atoms with Crippen molar-refractivity contribution in [3.8, 4) is 0 Å². The average molecular weight is 190 g/mol. The molecule has 0 atom stereocenters. The van der Waals surface area contributed by atoms with Crippen molar-refractivity contribution in [1.29, 1.82) is 0 Å². The fourth-order valence-electron chi connectivity index (χ4n) is 1.69. The second-order valence-corrected chi connectivity index (χ2v) is 3.37. The molecule has 2 heterocycles. The summed E-state index contributed by atoms with van der Waals surface area (Å²) in [5.74, 6) is 2.24. The molecule has 0 radical (unpaired) electrons. The molecule has 0 bridgehead atoms. The van der Waals surface area contributed by atoms with E-state index >= 15 is 0 Å². The number of hydrogen-bond acceptors (Lipinski definition) is 2. The van der Waals surface area contributed by atoms with Crippen molar-refractivity contribution in [3.63, 3.8) is 0 Å². The summed E-state index contributed by atoms with van der Waals surface area (Å²) < 4.78 is 10.8. The maximum Gasteiger partial charge on any atom is 0.114 e. The Morgan fingerprint density at radius 2 is 1.64 bits per heavy atom. The normalized spacial score (nSPS) is 11.0. The van der Waals surface area contributed by atoms with E-state index in [0.717, 1.165) is 24.4 Å². The summed E-state index contributed by atoms with van der Waals surface area (Å²) in [5.41, 5.74) is 0. The van der Waals surface area contributed by atoms with Gasteiger partial charge in [-0.15, -0.1) is 0 Å². The van der Waals surface area contributed by atoms with Crippen LogP contribution in [0.5, 0.6) is 0 Å². The minimum Gasteiger partial charge on any atom is -0.469 e. The molecule has 0 unspecified atom stereocenters. The summed E-state index contributed by atoms with van der Waals surface area (Å²) in [6.07, 6.45) is 5.59. The van der Waals surface area contributed by atoms with Crippen LogP contribution in [-0.4, -0.2) is 0 Å². The zero-order valence-corrected chi connectivity index (χ0v) is 8.27. The van der Waals surface area contributed by atoms with E-state index in [2.05, 4.69) is 6.92 Å². The fourth-order valence-corrected chi connectivity index (χ4v) is 1.69. The number of hydrogen-bond donors (Lipinski definition) is 0. The highest BCUT2D eigenvalue weighted by Crippen LogP contribution is 2.29. The topological polar surface area (TPSA) is 26.3 Å². The third-order valence-corrected chi connectivity index (χ3v) is 2.35. The number of rotatable bonds is 4. The summed E-state index contributed by atoms with van der Waals surface area (Å²) in [5, 5.41) is 0. The first kappa shape index (κ1) is 9.13. The van der Waals surface area contributed by atoms with E-state index in [1.54, 1.807) is 12.5 Å². The molecule has 0 fully saturated rings. The molecule has 0 aliphatic heterocycles. The van der Waals surface area contributed by atoms with Crippen molar-refractivity contribution in [3.05, 3.63) is 48.3 Å². The van der Waals surface area contributed by atoms with Gasteiger partial charge >= 0.3 is 0 Å². The highest BCUT2D eigenvalue weighted by molar-refractivity contribution is 5.18. The molecule has 0 aromatic carbocycles. The van der Waals surface area contributed by atoms with Crippen molar-refractivity contribution >= 4 is 0 Å². The summed E-state index contributed by atoms with van der Waals surface area (Å²) in [6, 6.07) is 7.84. The van der Waals surface area contributed by atoms with Crippen molar-refractivity contribution in [2.24, 2.45) is 0 Å². The van der Waals surface area contributed by atoms with E-state index in [1.807, 2.05) is 24.3 Å². The first-order chi connectivity index (χ1) is 6.92. The molecule has 0 saturated heterocycles. The minimum absolute atomic E-state index is 0.269. The third kappa shape index (κ3) is 1.74.